The van der Waals surface area contributed by atoms with Crippen LogP contribution >= 0.6 is 0 Å². The zero-order valence-corrected chi connectivity index (χ0v) is 12.9. The highest BCUT2D eigenvalue weighted by atomic mass is 19.4. The van der Waals surface area contributed by atoms with Crippen molar-refractivity contribution in [2.24, 2.45) is 27.3 Å². The van der Waals surface area contributed by atoms with Crippen LogP contribution < -0.4 is 22.7 Å². The van der Waals surface area contributed by atoms with Crippen molar-refractivity contribution in [3.63, 3.8) is 0 Å². The van der Waals surface area contributed by atoms with Crippen molar-refractivity contribution in [2.75, 3.05) is 7.11 Å². The maximum absolute atomic E-state index is 12.6. The molecule has 0 saturated carbocycles. The second-order valence-corrected chi connectivity index (χ2v) is 4.70. The second kappa shape index (κ2) is 6.68. The van der Waals surface area contributed by atoms with E-state index in [0.717, 1.165) is 12.1 Å². The van der Waals surface area contributed by atoms with E-state index < -0.39 is 17.6 Å². The van der Waals surface area contributed by atoms with Gasteiger partial charge in [-0.3, -0.25) is 5.41 Å². The highest BCUT2D eigenvalue weighted by Gasteiger charge is 2.33. The molecule has 0 saturated heterocycles. The predicted molar refractivity (Wildman–Crippen MR) is 85.3 cm³/mol. The van der Waals surface area contributed by atoms with E-state index >= 15 is 0 Å². The number of benzene rings is 1. The third kappa shape index (κ3) is 3.63. The summed E-state index contributed by atoms with van der Waals surface area (Å²) in [5.74, 6) is 4.89. The molecule has 1 aromatic rings. The van der Waals surface area contributed by atoms with Crippen molar-refractivity contribution < 1.29 is 17.9 Å². The lowest BCUT2D eigenvalue weighted by molar-refractivity contribution is -0.137. The third-order valence-electron chi connectivity index (χ3n) is 3.09. The van der Waals surface area contributed by atoms with Gasteiger partial charge in [0, 0.05) is 0 Å². The Labute approximate surface area is 140 Å². The van der Waals surface area contributed by atoms with E-state index in [0.29, 0.717) is 0 Å². The number of hydrogen-bond donors (Lipinski definition) is 5. The Kier molecular flexibility index (Phi) is 4.83. The number of methoxy groups -OCH3 is 1. The lowest BCUT2D eigenvalue weighted by Gasteiger charge is -2.32. The molecule has 25 heavy (non-hydrogen) atoms. The molecule has 1 aliphatic rings. The van der Waals surface area contributed by atoms with E-state index in [1.165, 1.54) is 24.1 Å². The summed E-state index contributed by atoms with van der Waals surface area (Å²) in [6.07, 6.45) is -4.44. The van der Waals surface area contributed by atoms with Crippen LogP contribution in [0.1, 0.15) is 5.56 Å². The largest absolute Gasteiger partial charge is 0.490 e. The van der Waals surface area contributed by atoms with Crippen LogP contribution in [0, 0.1) is 5.41 Å². The van der Waals surface area contributed by atoms with Gasteiger partial charge in [-0.1, -0.05) is 0 Å². The molecule has 1 aromatic carbocycles. The summed E-state index contributed by atoms with van der Waals surface area (Å²) >= 11 is 0. The van der Waals surface area contributed by atoms with Gasteiger partial charge in [0.2, 0.25) is 17.7 Å². The van der Waals surface area contributed by atoms with Gasteiger partial charge < -0.3 is 21.6 Å². The van der Waals surface area contributed by atoms with Gasteiger partial charge in [-0.25, -0.2) is 15.7 Å². The van der Waals surface area contributed by atoms with Gasteiger partial charge in [-0.05, 0) is 24.3 Å². The molecular formula is C13H15F3N8O. The smallest absolute Gasteiger partial charge is 0.416 e. The van der Waals surface area contributed by atoms with Crippen molar-refractivity contribution >= 4 is 23.4 Å². The maximum Gasteiger partial charge on any atom is 0.416 e. The first-order valence-corrected chi connectivity index (χ1v) is 6.68. The normalized spacial score (nSPS) is 16.8. The molecule has 0 aromatic heterocycles. The molecule has 134 valence electrons. The summed E-state index contributed by atoms with van der Waals surface area (Å²) < 4.78 is 42.7. The van der Waals surface area contributed by atoms with E-state index in [4.69, 9.17) is 27.5 Å². The molecule has 8 N–H and O–H groups in total. The lowest BCUT2D eigenvalue weighted by atomic mass is 10.2. The maximum atomic E-state index is 12.6. The highest BCUT2D eigenvalue weighted by Crippen LogP contribution is 2.30. The molecule has 0 fully saturated rings. The molecular weight excluding hydrogens is 341 g/mol. The minimum Gasteiger partial charge on any atom is -0.490 e. The minimum atomic E-state index is -4.44. The summed E-state index contributed by atoms with van der Waals surface area (Å²) in [6.45, 7) is 0. The molecule has 12 heteroatoms. The first-order valence-electron chi connectivity index (χ1n) is 6.68. The van der Waals surface area contributed by atoms with Crippen molar-refractivity contribution in [3.05, 3.63) is 41.4 Å². The average Bonchev–Trinajstić information content (AvgIpc) is 2.53. The predicted octanol–water partition coefficient (Wildman–Crippen LogP) is 0.538. The Hall–Kier alpha value is -3.28. The number of ether oxygens (including phenoxy) is 1. The topological polar surface area (TPSA) is 151 Å². The summed E-state index contributed by atoms with van der Waals surface area (Å²) in [5.41, 5.74) is 12.8. The number of hydrogen-bond acceptors (Lipinski definition) is 6. The molecule has 9 nitrogen and oxygen atoms in total. The number of nitrogens with one attached hydrogen (secondary N) is 2. The summed E-state index contributed by atoms with van der Waals surface area (Å²) in [4.78, 5) is 9.15. The van der Waals surface area contributed by atoms with Gasteiger partial charge in [0.1, 0.15) is 0 Å². The average molecular weight is 356 g/mol. The summed E-state index contributed by atoms with van der Waals surface area (Å²) in [7, 11) is 1.27. The van der Waals surface area contributed by atoms with Crippen LogP contribution in [-0.4, -0.2) is 29.8 Å². The van der Waals surface area contributed by atoms with Gasteiger partial charge in [0.25, 0.3) is 0 Å². The Morgan fingerprint density at radius 3 is 2.32 bits per heavy atom. The number of nitrogens with zero attached hydrogens (tertiary/aromatic N) is 3. The Morgan fingerprint density at radius 2 is 1.92 bits per heavy atom. The van der Waals surface area contributed by atoms with Gasteiger partial charge in [0.15, 0.2) is 11.7 Å². The van der Waals surface area contributed by atoms with E-state index in [2.05, 4.69) is 15.4 Å². The van der Waals surface area contributed by atoms with E-state index in [-0.39, 0.29) is 29.2 Å². The van der Waals surface area contributed by atoms with E-state index in [9.17, 15) is 13.2 Å². The number of guanidine groups is 2. The zero-order valence-electron chi connectivity index (χ0n) is 12.9. The van der Waals surface area contributed by atoms with Crippen LogP contribution in [0.5, 0.6) is 0 Å². The third-order valence-corrected chi connectivity index (χ3v) is 3.09. The number of alkyl halides is 3. The van der Waals surface area contributed by atoms with Gasteiger partial charge in [0.05, 0.1) is 18.4 Å². The first-order chi connectivity index (χ1) is 11.7. The minimum absolute atomic E-state index is 0.00756. The van der Waals surface area contributed by atoms with Crippen LogP contribution in [0.25, 0.3) is 0 Å². The number of rotatable bonds is 5. The van der Waals surface area contributed by atoms with Crippen LogP contribution in [0.2, 0.25) is 0 Å². The number of hydrazine groups is 1. The number of aliphatic imine (C=N–C) groups is 2. The fraction of sp³-hybridized carbons (Fsp3) is 0.154. The molecule has 0 aliphatic carbocycles. The van der Waals surface area contributed by atoms with Gasteiger partial charge in [-0.15, -0.1) is 0 Å². The Bertz CT molecular complexity index is 766. The van der Waals surface area contributed by atoms with Crippen molar-refractivity contribution in [3.8, 4) is 0 Å². The van der Waals surface area contributed by atoms with Crippen LogP contribution in [0.15, 0.2) is 45.8 Å². The van der Waals surface area contributed by atoms with E-state index in [1.807, 2.05) is 0 Å². The first kappa shape index (κ1) is 18.1. The molecule has 2 rings (SSSR count). The highest BCUT2D eigenvalue weighted by molar-refractivity contribution is 6.15. The quantitative estimate of drug-likeness (QED) is 0.171. The van der Waals surface area contributed by atoms with Crippen LogP contribution in [0.4, 0.5) is 18.9 Å². The van der Waals surface area contributed by atoms with Crippen molar-refractivity contribution in [1.82, 2.24) is 10.3 Å². The SMILES string of the molecule is CO/C(C(=N)N)=C(/NN)N1C(N)=NC1=Nc1ccc(C(F)(F)F)cc1. The summed E-state index contributed by atoms with van der Waals surface area (Å²) in [6, 6.07) is 4.14. The fourth-order valence-electron chi connectivity index (χ4n) is 1.96. The standard InChI is InChI=1S/C13H15F3N8O/c1-25-8(9(17)18)10(23-20)24-11(19)22-12(24)21-7-4-2-6(3-5-7)13(14,15)16/h2-5,23H,20H2,1H3,(H3,17,18)(H2,19,21,22)/b10-8-. The van der Waals surface area contributed by atoms with E-state index in [1.54, 1.807) is 0 Å². The second-order valence-electron chi connectivity index (χ2n) is 4.70. The zero-order chi connectivity index (χ0) is 18.8. The molecule has 0 spiro atoms. The molecule has 0 unspecified atom stereocenters. The molecule has 0 radical (unpaired) electrons. The number of nitrogens with two attached hydrogens (primary N) is 3. The van der Waals surface area contributed by atoms with Crippen molar-refractivity contribution in [2.45, 2.75) is 6.18 Å². The summed E-state index contributed by atoms with van der Waals surface area (Å²) in [5, 5.41) is 7.46. The molecule has 0 bridgehead atoms. The van der Waals surface area contributed by atoms with Crippen LogP contribution in [0.3, 0.4) is 0 Å². The number of amidine groups is 1. The molecule has 0 amide bonds. The monoisotopic (exact) mass is 356 g/mol. The lowest BCUT2D eigenvalue weighted by Crippen LogP contribution is -2.54. The van der Waals surface area contributed by atoms with Crippen LogP contribution in [-0.2, 0) is 10.9 Å². The van der Waals surface area contributed by atoms with Gasteiger partial charge >= 0.3 is 6.18 Å². The molecule has 1 heterocycles. The Morgan fingerprint density at radius 1 is 1.32 bits per heavy atom. The molecule has 0 atom stereocenters. The van der Waals surface area contributed by atoms with Gasteiger partial charge in [-0.2, -0.15) is 18.2 Å². The number of halogens is 3. The Balaban J connectivity index is 2.37. The molecule has 1 aliphatic heterocycles. The fourth-order valence-corrected chi connectivity index (χ4v) is 1.96. The van der Waals surface area contributed by atoms with Crippen molar-refractivity contribution in [1.29, 1.82) is 5.41 Å².